The topological polar surface area (TPSA) is 55.7 Å². The molecule has 0 aromatic heterocycles. The van der Waals surface area contributed by atoms with Gasteiger partial charge in [-0.25, -0.2) is 4.79 Å². The van der Waals surface area contributed by atoms with Crippen molar-refractivity contribution in [1.29, 1.82) is 0 Å². The molecule has 0 saturated carbocycles. The molecule has 0 aliphatic heterocycles. The molecule has 5 heteroatoms. The van der Waals surface area contributed by atoms with Crippen molar-refractivity contribution < 1.29 is 14.4 Å². The van der Waals surface area contributed by atoms with Crippen LogP contribution in [0.15, 0.2) is 27.8 Å². The fourth-order valence-corrected chi connectivity index (χ4v) is 0.862. The number of thiol groups is 1. The zero-order valence-electron chi connectivity index (χ0n) is 9.85. The van der Waals surface area contributed by atoms with Gasteiger partial charge in [-0.05, 0) is 25.5 Å². The summed E-state index contributed by atoms with van der Waals surface area (Å²) in [7, 11) is 0. The van der Waals surface area contributed by atoms with E-state index in [0.717, 1.165) is 0 Å². The summed E-state index contributed by atoms with van der Waals surface area (Å²) >= 11 is 3.96. The number of carbonyl (C=O) groups is 2. The van der Waals surface area contributed by atoms with Crippen molar-refractivity contribution in [1.82, 2.24) is 0 Å². The van der Waals surface area contributed by atoms with Crippen LogP contribution >= 0.6 is 12.6 Å². The van der Waals surface area contributed by atoms with Crippen LogP contribution in [0.4, 0.5) is 0 Å². The normalized spacial score (nSPS) is 13.0. The standard InChI is InChI=1S/C12H13NO3S/c1-5-11(17)7-6-8(2)12(15)9(3)13-16-10(4)14/h1,6-7,17H,2-4H3/b8-6+,11-7+,13-9+. The van der Waals surface area contributed by atoms with Gasteiger partial charge in [-0.15, -0.1) is 19.1 Å². The van der Waals surface area contributed by atoms with E-state index in [2.05, 4.69) is 28.5 Å². The Balaban J connectivity index is 4.78. The monoisotopic (exact) mass is 251 g/mol. The van der Waals surface area contributed by atoms with Gasteiger partial charge in [0.05, 0.1) is 4.91 Å². The minimum Gasteiger partial charge on any atom is -0.318 e. The highest BCUT2D eigenvalue weighted by molar-refractivity contribution is 7.84. The molecule has 0 aromatic carbocycles. The largest absolute Gasteiger partial charge is 0.331 e. The first kappa shape index (κ1) is 15.2. The summed E-state index contributed by atoms with van der Waals surface area (Å²) in [5.74, 6) is 1.39. The van der Waals surface area contributed by atoms with Crippen molar-refractivity contribution in [3.05, 3.63) is 22.6 Å². The Morgan fingerprint density at radius 1 is 1.29 bits per heavy atom. The van der Waals surface area contributed by atoms with Crippen LogP contribution in [0.25, 0.3) is 0 Å². The molecule has 0 unspecified atom stereocenters. The number of ketones is 1. The van der Waals surface area contributed by atoms with Crippen molar-refractivity contribution in [2.24, 2.45) is 5.16 Å². The van der Waals surface area contributed by atoms with Crippen LogP contribution in [0.2, 0.25) is 0 Å². The van der Waals surface area contributed by atoms with Gasteiger partial charge in [0.1, 0.15) is 5.71 Å². The average Bonchev–Trinajstić information content (AvgIpc) is 2.31. The molecule has 0 atom stereocenters. The molecule has 90 valence electrons. The van der Waals surface area contributed by atoms with Gasteiger partial charge >= 0.3 is 5.97 Å². The number of hydrogen-bond acceptors (Lipinski definition) is 5. The van der Waals surface area contributed by atoms with E-state index in [-0.39, 0.29) is 11.5 Å². The first-order valence-electron chi connectivity index (χ1n) is 4.69. The molecule has 0 aromatic rings. The third kappa shape index (κ3) is 6.38. The van der Waals surface area contributed by atoms with Gasteiger partial charge in [0.2, 0.25) is 5.78 Å². The van der Waals surface area contributed by atoms with Gasteiger partial charge in [-0.3, -0.25) is 4.79 Å². The van der Waals surface area contributed by atoms with Gasteiger partial charge in [0, 0.05) is 6.92 Å². The summed E-state index contributed by atoms with van der Waals surface area (Å²) in [4.78, 5) is 26.9. The summed E-state index contributed by atoms with van der Waals surface area (Å²) < 4.78 is 0. The SMILES string of the molecule is C#C/C(S)=C\C=C(/C)C(=O)/C(C)=N/OC(C)=O. The van der Waals surface area contributed by atoms with Gasteiger partial charge in [0.15, 0.2) is 0 Å². The maximum Gasteiger partial charge on any atom is 0.331 e. The van der Waals surface area contributed by atoms with Gasteiger partial charge in [-0.2, -0.15) is 0 Å². The van der Waals surface area contributed by atoms with E-state index < -0.39 is 5.97 Å². The van der Waals surface area contributed by atoms with Crippen LogP contribution in [0.3, 0.4) is 0 Å². The number of carbonyl (C=O) groups excluding carboxylic acids is 2. The molecule has 0 saturated heterocycles. The van der Waals surface area contributed by atoms with Crippen LogP contribution in [0, 0.1) is 12.3 Å². The summed E-state index contributed by atoms with van der Waals surface area (Å²) in [5.41, 5.74) is 0.504. The Kier molecular flexibility index (Phi) is 6.68. The Bertz CT molecular complexity index is 453. The second-order valence-corrected chi connectivity index (χ2v) is 3.62. The van der Waals surface area contributed by atoms with Gasteiger partial charge in [0.25, 0.3) is 0 Å². The summed E-state index contributed by atoms with van der Waals surface area (Å²) in [6, 6.07) is 0. The Morgan fingerprint density at radius 3 is 2.35 bits per heavy atom. The van der Waals surface area contributed by atoms with Crippen molar-refractivity contribution >= 4 is 30.1 Å². The first-order valence-corrected chi connectivity index (χ1v) is 5.14. The minimum absolute atomic E-state index is 0.0868. The van der Waals surface area contributed by atoms with Crippen LogP contribution in [0.1, 0.15) is 20.8 Å². The Hall–Kier alpha value is -1.80. The Labute approximate surface area is 106 Å². The predicted molar refractivity (Wildman–Crippen MR) is 69.5 cm³/mol. The van der Waals surface area contributed by atoms with Crippen LogP contribution in [-0.2, 0) is 14.4 Å². The molecular formula is C12H13NO3S. The summed E-state index contributed by atoms with van der Waals surface area (Å²) in [6.45, 7) is 4.26. The number of rotatable bonds is 4. The van der Waals surface area contributed by atoms with Crippen molar-refractivity contribution in [2.45, 2.75) is 20.8 Å². The molecule has 0 bridgehead atoms. The highest BCUT2D eigenvalue weighted by Gasteiger charge is 2.09. The highest BCUT2D eigenvalue weighted by Crippen LogP contribution is 2.03. The fraction of sp³-hybridized carbons (Fsp3) is 0.250. The maximum atomic E-state index is 11.7. The number of Topliss-reactive ketones (excluding diaryl/α,β-unsaturated/α-hetero) is 1. The van der Waals surface area contributed by atoms with E-state index >= 15 is 0 Å². The maximum absolute atomic E-state index is 11.7. The van der Waals surface area contributed by atoms with Crippen LogP contribution < -0.4 is 0 Å². The second kappa shape index (κ2) is 7.47. The molecule has 0 heterocycles. The lowest BCUT2D eigenvalue weighted by Gasteiger charge is -1.98. The van der Waals surface area contributed by atoms with Gasteiger partial charge < -0.3 is 4.84 Å². The van der Waals surface area contributed by atoms with Crippen molar-refractivity contribution in [3.63, 3.8) is 0 Å². The van der Waals surface area contributed by atoms with Gasteiger partial charge in [-0.1, -0.05) is 17.2 Å². The summed E-state index contributed by atoms with van der Waals surface area (Å²) in [5, 5.41) is 3.39. The molecule has 0 fully saturated rings. The van der Waals surface area contributed by atoms with Crippen LogP contribution in [0.5, 0.6) is 0 Å². The first-order chi connectivity index (χ1) is 7.88. The number of allylic oxidation sites excluding steroid dienone is 4. The number of terminal acetylenes is 1. The van der Waals surface area contributed by atoms with E-state index in [1.54, 1.807) is 6.92 Å². The zero-order chi connectivity index (χ0) is 13.4. The number of nitrogens with zero attached hydrogens (tertiary/aromatic N) is 1. The van der Waals surface area contributed by atoms with E-state index in [4.69, 9.17) is 6.42 Å². The summed E-state index contributed by atoms with van der Waals surface area (Å²) in [6.07, 6.45) is 8.13. The quantitative estimate of drug-likeness (QED) is 0.158. The second-order valence-electron chi connectivity index (χ2n) is 3.13. The lowest BCUT2D eigenvalue weighted by atomic mass is 10.1. The predicted octanol–water partition coefficient (Wildman–Crippen LogP) is 1.89. The smallest absolute Gasteiger partial charge is 0.318 e. The molecule has 0 radical (unpaired) electrons. The van der Waals surface area contributed by atoms with E-state index in [1.807, 2.05) is 0 Å². The lowest BCUT2D eigenvalue weighted by molar-refractivity contribution is -0.140. The number of hydrogen-bond donors (Lipinski definition) is 1. The van der Waals surface area contributed by atoms with Crippen molar-refractivity contribution in [2.75, 3.05) is 0 Å². The van der Waals surface area contributed by atoms with E-state index in [1.165, 1.54) is 26.0 Å². The van der Waals surface area contributed by atoms with E-state index in [9.17, 15) is 9.59 Å². The van der Waals surface area contributed by atoms with E-state index in [0.29, 0.717) is 10.5 Å². The molecule has 0 aliphatic carbocycles. The molecule has 0 N–H and O–H groups in total. The third-order valence-electron chi connectivity index (χ3n) is 1.64. The zero-order valence-corrected chi connectivity index (χ0v) is 10.7. The fourth-order valence-electron chi connectivity index (χ4n) is 0.787. The molecule has 0 aliphatic rings. The van der Waals surface area contributed by atoms with Crippen LogP contribution in [-0.4, -0.2) is 17.5 Å². The molecular weight excluding hydrogens is 238 g/mol. The molecule has 0 amide bonds. The average molecular weight is 251 g/mol. The third-order valence-corrected chi connectivity index (χ3v) is 1.92. The Morgan fingerprint density at radius 2 is 1.88 bits per heavy atom. The van der Waals surface area contributed by atoms with Crippen molar-refractivity contribution in [3.8, 4) is 12.3 Å². The molecule has 0 rings (SSSR count). The molecule has 4 nitrogen and oxygen atoms in total. The minimum atomic E-state index is -0.580. The molecule has 0 spiro atoms. The lowest BCUT2D eigenvalue weighted by Crippen LogP contribution is -2.12. The molecule has 17 heavy (non-hydrogen) atoms. The highest BCUT2D eigenvalue weighted by atomic mass is 32.1. The number of oxime groups is 1.